The van der Waals surface area contributed by atoms with Crippen LogP contribution in [0, 0.1) is 0 Å². The van der Waals surface area contributed by atoms with Crippen molar-refractivity contribution in [2.24, 2.45) is 7.05 Å². The molecule has 0 radical (unpaired) electrons. The van der Waals surface area contributed by atoms with E-state index in [4.69, 9.17) is 23.2 Å². The third-order valence-corrected chi connectivity index (χ3v) is 2.31. The summed E-state index contributed by atoms with van der Waals surface area (Å²) in [6, 6.07) is 3.56. The second-order valence-corrected chi connectivity index (χ2v) is 3.43. The van der Waals surface area contributed by atoms with Crippen molar-refractivity contribution in [3.05, 3.63) is 28.4 Å². The SMILES string of the molecule is Cn1ncc2c(Cl)cc(Cl)cc21. The Morgan fingerprint density at radius 3 is 2.83 bits per heavy atom. The van der Waals surface area contributed by atoms with Gasteiger partial charge >= 0.3 is 0 Å². The lowest BCUT2D eigenvalue weighted by molar-refractivity contribution is 0.797. The van der Waals surface area contributed by atoms with Gasteiger partial charge in [0.25, 0.3) is 0 Å². The Balaban J connectivity index is 2.92. The van der Waals surface area contributed by atoms with Gasteiger partial charge in [-0.2, -0.15) is 5.10 Å². The zero-order valence-electron chi connectivity index (χ0n) is 6.38. The first-order valence-corrected chi connectivity index (χ1v) is 4.21. The van der Waals surface area contributed by atoms with Crippen molar-refractivity contribution >= 4 is 34.1 Å². The molecule has 2 nitrogen and oxygen atoms in total. The highest BCUT2D eigenvalue weighted by Gasteiger charge is 2.04. The smallest absolute Gasteiger partial charge is 0.0708 e. The van der Waals surface area contributed by atoms with E-state index in [1.807, 2.05) is 13.1 Å². The van der Waals surface area contributed by atoms with Crippen LogP contribution in [0.2, 0.25) is 10.0 Å². The van der Waals surface area contributed by atoms with E-state index in [-0.39, 0.29) is 0 Å². The van der Waals surface area contributed by atoms with Crippen LogP contribution in [-0.4, -0.2) is 9.78 Å². The zero-order valence-corrected chi connectivity index (χ0v) is 7.89. The summed E-state index contributed by atoms with van der Waals surface area (Å²) in [4.78, 5) is 0. The molecule has 0 saturated carbocycles. The van der Waals surface area contributed by atoms with Gasteiger partial charge in [0.2, 0.25) is 0 Å². The Bertz CT molecular complexity index is 434. The molecular weight excluding hydrogens is 195 g/mol. The number of rotatable bonds is 0. The number of nitrogens with zero attached hydrogens (tertiary/aromatic N) is 2. The van der Waals surface area contributed by atoms with Crippen molar-refractivity contribution in [2.75, 3.05) is 0 Å². The number of hydrogen-bond donors (Lipinski definition) is 0. The molecule has 0 aliphatic carbocycles. The van der Waals surface area contributed by atoms with Crippen molar-refractivity contribution in [1.82, 2.24) is 9.78 Å². The van der Waals surface area contributed by atoms with E-state index < -0.39 is 0 Å². The van der Waals surface area contributed by atoms with Gasteiger partial charge in [0.05, 0.1) is 16.7 Å². The molecule has 2 rings (SSSR count). The van der Waals surface area contributed by atoms with E-state index >= 15 is 0 Å². The molecule has 0 spiro atoms. The lowest BCUT2D eigenvalue weighted by Crippen LogP contribution is -1.88. The average molecular weight is 201 g/mol. The Hall–Kier alpha value is -0.730. The Kier molecular flexibility index (Phi) is 1.74. The van der Waals surface area contributed by atoms with E-state index in [2.05, 4.69) is 5.10 Å². The van der Waals surface area contributed by atoms with Gasteiger partial charge in [-0.15, -0.1) is 0 Å². The summed E-state index contributed by atoms with van der Waals surface area (Å²) < 4.78 is 1.74. The second-order valence-electron chi connectivity index (χ2n) is 2.59. The summed E-state index contributed by atoms with van der Waals surface area (Å²) in [5.74, 6) is 0. The molecule has 62 valence electrons. The summed E-state index contributed by atoms with van der Waals surface area (Å²) >= 11 is 11.8. The van der Waals surface area contributed by atoms with E-state index in [0.717, 1.165) is 10.9 Å². The third kappa shape index (κ3) is 1.08. The number of aromatic nitrogens is 2. The van der Waals surface area contributed by atoms with Crippen LogP contribution in [0.3, 0.4) is 0 Å². The van der Waals surface area contributed by atoms with Gasteiger partial charge in [0.1, 0.15) is 0 Å². The van der Waals surface area contributed by atoms with Crippen LogP contribution in [0.4, 0.5) is 0 Å². The van der Waals surface area contributed by atoms with Crippen LogP contribution in [0.15, 0.2) is 18.3 Å². The summed E-state index contributed by atoms with van der Waals surface area (Å²) in [7, 11) is 1.86. The van der Waals surface area contributed by atoms with Gasteiger partial charge in [-0.1, -0.05) is 23.2 Å². The standard InChI is InChI=1S/C8H6Cl2N2/c1-12-8-3-5(9)2-7(10)6(8)4-11-12/h2-4H,1H3. The van der Waals surface area contributed by atoms with Crippen LogP contribution in [0.5, 0.6) is 0 Å². The number of halogens is 2. The molecular formula is C8H6Cl2N2. The number of fused-ring (bicyclic) bond motifs is 1. The van der Waals surface area contributed by atoms with Crippen molar-refractivity contribution < 1.29 is 0 Å². The Labute approximate surface area is 79.7 Å². The van der Waals surface area contributed by atoms with Crippen LogP contribution in [0.25, 0.3) is 10.9 Å². The first-order chi connectivity index (χ1) is 5.68. The average Bonchev–Trinajstić information content (AvgIpc) is 2.33. The van der Waals surface area contributed by atoms with Crippen molar-refractivity contribution in [1.29, 1.82) is 0 Å². The molecule has 0 unspecified atom stereocenters. The lowest BCUT2D eigenvalue weighted by Gasteiger charge is -1.96. The van der Waals surface area contributed by atoms with E-state index in [1.165, 1.54) is 0 Å². The maximum Gasteiger partial charge on any atom is 0.0708 e. The summed E-state index contributed by atoms with van der Waals surface area (Å²) in [5.41, 5.74) is 0.951. The molecule has 0 fully saturated rings. The first-order valence-electron chi connectivity index (χ1n) is 3.45. The molecule has 0 aliphatic rings. The maximum absolute atomic E-state index is 5.94. The van der Waals surface area contributed by atoms with Gasteiger partial charge in [0, 0.05) is 17.5 Å². The van der Waals surface area contributed by atoms with Crippen molar-refractivity contribution in [2.45, 2.75) is 0 Å². The molecule has 0 aliphatic heterocycles. The fourth-order valence-corrected chi connectivity index (χ4v) is 1.70. The molecule has 0 saturated heterocycles. The highest BCUT2D eigenvalue weighted by Crippen LogP contribution is 2.26. The summed E-state index contributed by atoms with van der Waals surface area (Å²) in [6.07, 6.45) is 1.73. The molecule has 12 heavy (non-hydrogen) atoms. The van der Waals surface area contributed by atoms with E-state index in [9.17, 15) is 0 Å². The molecule has 1 heterocycles. The Morgan fingerprint density at radius 1 is 1.33 bits per heavy atom. The molecule has 0 N–H and O–H groups in total. The van der Waals surface area contributed by atoms with Gasteiger partial charge in [-0.3, -0.25) is 4.68 Å². The minimum absolute atomic E-state index is 0.635. The van der Waals surface area contributed by atoms with Crippen molar-refractivity contribution in [3.63, 3.8) is 0 Å². The van der Waals surface area contributed by atoms with Crippen LogP contribution >= 0.6 is 23.2 Å². The molecule has 0 amide bonds. The summed E-state index contributed by atoms with van der Waals surface area (Å²) in [6.45, 7) is 0. The largest absolute Gasteiger partial charge is 0.268 e. The first kappa shape index (κ1) is 7.90. The zero-order chi connectivity index (χ0) is 8.72. The lowest BCUT2D eigenvalue weighted by atomic mass is 10.2. The van der Waals surface area contributed by atoms with Crippen molar-refractivity contribution in [3.8, 4) is 0 Å². The van der Waals surface area contributed by atoms with Gasteiger partial charge in [0.15, 0.2) is 0 Å². The van der Waals surface area contributed by atoms with E-state index in [0.29, 0.717) is 10.0 Å². The predicted molar refractivity (Wildman–Crippen MR) is 50.7 cm³/mol. The van der Waals surface area contributed by atoms with Crippen LogP contribution < -0.4 is 0 Å². The topological polar surface area (TPSA) is 17.8 Å². The summed E-state index contributed by atoms with van der Waals surface area (Å²) in [5, 5.41) is 6.28. The minimum atomic E-state index is 0.635. The molecule has 0 atom stereocenters. The van der Waals surface area contributed by atoms with E-state index in [1.54, 1.807) is 16.9 Å². The van der Waals surface area contributed by atoms with Crippen LogP contribution in [0.1, 0.15) is 0 Å². The number of hydrogen-bond acceptors (Lipinski definition) is 1. The fraction of sp³-hybridized carbons (Fsp3) is 0.125. The predicted octanol–water partition coefficient (Wildman–Crippen LogP) is 2.88. The van der Waals surface area contributed by atoms with Crippen LogP contribution in [-0.2, 0) is 7.05 Å². The van der Waals surface area contributed by atoms with Gasteiger partial charge in [-0.25, -0.2) is 0 Å². The highest BCUT2D eigenvalue weighted by molar-refractivity contribution is 6.38. The number of benzene rings is 1. The number of aryl methyl sites for hydroxylation is 1. The molecule has 1 aromatic heterocycles. The third-order valence-electron chi connectivity index (χ3n) is 1.78. The molecule has 0 bridgehead atoms. The second kappa shape index (κ2) is 2.64. The molecule has 2 aromatic rings. The minimum Gasteiger partial charge on any atom is -0.268 e. The highest BCUT2D eigenvalue weighted by atomic mass is 35.5. The fourth-order valence-electron chi connectivity index (χ4n) is 1.17. The Morgan fingerprint density at radius 2 is 2.08 bits per heavy atom. The quantitative estimate of drug-likeness (QED) is 0.640. The molecule has 1 aromatic carbocycles. The molecule has 4 heteroatoms. The van der Waals surface area contributed by atoms with Gasteiger partial charge < -0.3 is 0 Å². The maximum atomic E-state index is 5.94. The monoisotopic (exact) mass is 200 g/mol. The normalized spacial score (nSPS) is 10.9. The van der Waals surface area contributed by atoms with Gasteiger partial charge in [-0.05, 0) is 12.1 Å².